The maximum Gasteiger partial charge on any atom is 0.134 e. The van der Waals surface area contributed by atoms with Crippen LogP contribution < -0.4 is 4.90 Å². The molecule has 0 amide bonds. The van der Waals surface area contributed by atoms with E-state index in [1.54, 1.807) is 6.07 Å². The number of nitrogens with zero attached hydrogens (tertiary/aromatic N) is 3. The maximum atomic E-state index is 9.15. The Morgan fingerprint density at radius 3 is 2.10 bits per heavy atom. The summed E-state index contributed by atoms with van der Waals surface area (Å²) in [4.78, 5) is 8.60. The van der Waals surface area contributed by atoms with Crippen LogP contribution in [0.1, 0.15) is 27.7 Å². The highest BCUT2D eigenvalue weighted by Gasteiger charge is 2.17. The second kappa shape index (κ2) is 11.5. The van der Waals surface area contributed by atoms with E-state index in [2.05, 4.69) is 14.8 Å². The van der Waals surface area contributed by atoms with Crippen molar-refractivity contribution in [1.82, 2.24) is 9.88 Å². The number of hydrogen-bond donors (Lipinski definition) is 2. The van der Waals surface area contributed by atoms with Crippen molar-refractivity contribution in [3.8, 4) is 5.75 Å². The molecule has 0 unspecified atom stereocenters. The highest BCUT2D eigenvalue weighted by atomic mass is 16.3. The fourth-order valence-electron chi connectivity index (χ4n) is 1.91. The SMILES string of the molecule is CC.CC.OCCN1CCN(c2ccc(O)cn2)CC1. The lowest BCUT2D eigenvalue weighted by Gasteiger charge is -2.34. The number of aromatic hydroxyl groups is 1. The van der Waals surface area contributed by atoms with Gasteiger partial charge in [-0.2, -0.15) is 0 Å². The van der Waals surface area contributed by atoms with Gasteiger partial charge in [-0.3, -0.25) is 4.90 Å². The Morgan fingerprint density at radius 2 is 1.65 bits per heavy atom. The number of hydrogen-bond acceptors (Lipinski definition) is 5. The zero-order valence-electron chi connectivity index (χ0n) is 13.2. The Kier molecular flexibility index (Phi) is 10.7. The Labute approximate surface area is 122 Å². The van der Waals surface area contributed by atoms with Gasteiger partial charge in [-0.1, -0.05) is 27.7 Å². The second-order valence-corrected chi connectivity index (χ2v) is 3.93. The number of rotatable bonds is 3. The zero-order valence-corrected chi connectivity index (χ0v) is 13.2. The van der Waals surface area contributed by atoms with Crippen LogP contribution in [0.3, 0.4) is 0 Å². The summed E-state index contributed by atoms with van der Waals surface area (Å²) in [7, 11) is 0. The second-order valence-electron chi connectivity index (χ2n) is 3.93. The van der Waals surface area contributed by atoms with E-state index in [-0.39, 0.29) is 12.4 Å². The Bertz CT molecular complexity index is 322. The van der Waals surface area contributed by atoms with E-state index in [1.807, 2.05) is 33.8 Å². The van der Waals surface area contributed by atoms with Gasteiger partial charge in [0.1, 0.15) is 11.6 Å². The van der Waals surface area contributed by atoms with Gasteiger partial charge in [0.15, 0.2) is 0 Å². The molecule has 1 aliphatic heterocycles. The third kappa shape index (κ3) is 6.21. The zero-order chi connectivity index (χ0) is 15.4. The topological polar surface area (TPSA) is 59.8 Å². The highest BCUT2D eigenvalue weighted by molar-refractivity contribution is 5.40. The van der Waals surface area contributed by atoms with E-state index < -0.39 is 0 Å². The quantitative estimate of drug-likeness (QED) is 0.888. The van der Waals surface area contributed by atoms with E-state index >= 15 is 0 Å². The molecule has 1 saturated heterocycles. The average molecular weight is 283 g/mol. The molecule has 1 aromatic heterocycles. The molecule has 0 atom stereocenters. The molecule has 0 saturated carbocycles. The van der Waals surface area contributed by atoms with Gasteiger partial charge in [0.25, 0.3) is 0 Å². The van der Waals surface area contributed by atoms with Crippen LogP contribution in [0.15, 0.2) is 18.3 Å². The number of anilines is 1. The minimum Gasteiger partial charge on any atom is -0.506 e. The minimum absolute atomic E-state index is 0.197. The molecule has 5 heteroatoms. The van der Waals surface area contributed by atoms with Crippen LogP contribution in [0.4, 0.5) is 5.82 Å². The van der Waals surface area contributed by atoms with Crippen molar-refractivity contribution >= 4 is 5.82 Å². The molecule has 0 spiro atoms. The summed E-state index contributed by atoms with van der Waals surface area (Å²) >= 11 is 0. The molecule has 1 fully saturated rings. The molecule has 2 N–H and O–H groups in total. The van der Waals surface area contributed by atoms with Crippen LogP contribution in [0.2, 0.25) is 0 Å². The maximum absolute atomic E-state index is 9.15. The molecule has 2 heterocycles. The van der Waals surface area contributed by atoms with Gasteiger partial charge in [-0.25, -0.2) is 4.98 Å². The molecule has 5 nitrogen and oxygen atoms in total. The number of aliphatic hydroxyl groups is 1. The summed E-state index contributed by atoms with van der Waals surface area (Å²) in [5, 5.41) is 18.0. The molecule has 0 aliphatic carbocycles. The minimum atomic E-state index is 0.197. The molecule has 0 aromatic carbocycles. The number of aliphatic hydroxyl groups excluding tert-OH is 1. The molecule has 2 rings (SSSR count). The molecular weight excluding hydrogens is 254 g/mol. The molecular formula is C15H29N3O2. The number of aromatic nitrogens is 1. The van der Waals surface area contributed by atoms with Crippen LogP contribution in [-0.4, -0.2) is 59.4 Å². The number of pyridine rings is 1. The van der Waals surface area contributed by atoms with Crippen molar-refractivity contribution in [2.24, 2.45) is 0 Å². The molecule has 1 aromatic rings. The lowest BCUT2D eigenvalue weighted by molar-refractivity contribution is 0.188. The number of β-amino-alcohol motifs (C(OH)–C–C–N with tert-alkyl or cyclic N) is 1. The molecule has 116 valence electrons. The largest absolute Gasteiger partial charge is 0.506 e. The van der Waals surface area contributed by atoms with E-state index in [4.69, 9.17) is 10.2 Å². The van der Waals surface area contributed by atoms with Gasteiger partial charge in [-0.15, -0.1) is 0 Å². The molecule has 0 bridgehead atoms. The first kappa shape index (κ1) is 18.7. The third-order valence-electron chi connectivity index (χ3n) is 2.84. The highest BCUT2D eigenvalue weighted by Crippen LogP contribution is 2.16. The van der Waals surface area contributed by atoms with E-state index in [9.17, 15) is 0 Å². The van der Waals surface area contributed by atoms with Crippen molar-refractivity contribution in [3.63, 3.8) is 0 Å². The van der Waals surface area contributed by atoms with Crippen LogP contribution in [0, 0.1) is 0 Å². The van der Waals surface area contributed by atoms with E-state index in [1.165, 1.54) is 6.20 Å². The van der Waals surface area contributed by atoms with Gasteiger partial charge in [0.05, 0.1) is 12.8 Å². The monoisotopic (exact) mass is 283 g/mol. The third-order valence-corrected chi connectivity index (χ3v) is 2.84. The summed E-state index contributed by atoms with van der Waals surface area (Å²) < 4.78 is 0. The normalized spacial score (nSPS) is 14.8. The summed E-state index contributed by atoms with van der Waals surface area (Å²) in [5.41, 5.74) is 0. The lowest BCUT2D eigenvalue weighted by Crippen LogP contribution is -2.47. The van der Waals surface area contributed by atoms with Crippen LogP contribution in [0.5, 0.6) is 5.75 Å². The van der Waals surface area contributed by atoms with Crippen molar-refractivity contribution in [3.05, 3.63) is 18.3 Å². The van der Waals surface area contributed by atoms with Gasteiger partial charge in [-0.05, 0) is 12.1 Å². The van der Waals surface area contributed by atoms with E-state index in [0.717, 1.165) is 38.5 Å². The van der Waals surface area contributed by atoms with Crippen LogP contribution >= 0.6 is 0 Å². The van der Waals surface area contributed by atoms with Gasteiger partial charge in [0, 0.05) is 32.7 Å². The van der Waals surface area contributed by atoms with E-state index in [0.29, 0.717) is 0 Å². The van der Waals surface area contributed by atoms with Crippen molar-refractivity contribution in [1.29, 1.82) is 0 Å². The first-order valence-corrected chi connectivity index (χ1v) is 7.53. The average Bonchev–Trinajstić information content (AvgIpc) is 2.53. The molecule has 0 radical (unpaired) electrons. The van der Waals surface area contributed by atoms with Crippen LogP contribution in [0.25, 0.3) is 0 Å². The Morgan fingerprint density at radius 1 is 1.05 bits per heavy atom. The summed E-state index contributed by atoms with van der Waals surface area (Å²) in [6.07, 6.45) is 1.47. The molecule has 1 aliphatic rings. The van der Waals surface area contributed by atoms with Crippen LogP contribution in [-0.2, 0) is 0 Å². The fraction of sp³-hybridized carbons (Fsp3) is 0.667. The summed E-state index contributed by atoms with van der Waals surface area (Å²) in [6, 6.07) is 3.49. The van der Waals surface area contributed by atoms with Crippen molar-refractivity contribution in [2.45, 2.75) is 27.7 Å². The van der Waals surface area contributed by atoms with Gasteiger partial charge in [0.2, 0.25) is 0 Å². The fourth-order valence-corrected chi connectivity index (χ4v) is 1.91. The van der Waals surface area contributed by atoms with Gasteiger partial charge < -0.3 is 15.1 Å². The summed E-state index contributed by atoms with van der Waals surface area (Å²) in [6.45, 7) is 12.7. The van der Waals surface area contributed by atoms with Crippen molar-refractivity contribution < 1.29 is 10.2 Å². The van der Waals surface area contributed by atoms with Crippen molar-refractivity contribution in [2.75, 3.05) is 44.2 Å². The number of piperazine rings is 1. The first-order chi connectivity index (χ1) is 9.79. The predicted octanol–water partition coefficient (Wildman–Crippen LogP) is 1.95. The van der Waals surface area contributed by atoms with Gasteiger partial charge >= 0.3 is 0 Å². The summed E-state index contributed by atoms with van der Waals surface area (Å²) in [5.74, 6) is 1.10. The Balaban J connectivity index is 0.000000829. The standard InChI is InChI=1S/C11H17N3O2.2C2H6/c15-8-7-13-3-5-14(6-4-13)11-2-1-10(16)9-12-11;2*1-2/h1-2,9,15-16H,3-8H2;2*1-2H3. The first-order valence-electron chi connectivity index (χ1n) is 7.53. The molecule has 20 heavy (non-hydrogen) atoms. The predicted molar refractivity (Wildman–Crippen MR) is 84.3 cm³/mol. The lowest BCUT2D eigenvalue weighted by atomic mass is 10.3. The smallest absolute Gasteiger partial charge is 0.134 e. The Hall–Kier alpha value is -1.33.